The van der Waals surface area contributed by atoms with Gasteiger partial charge in [-0.2, -0.15) is 0 Å². The van der Waals surface area contributed by atoms with Crippen molar-refractivity contribution in [2.75, 3.05) is 20.6 Å². The molecule has 1 unspecified atom stereocenters. The Bertz CT molecular complexity index is 457. The van der Waals surface area contributed by atoms with Crippen LogP contribution in [0.4, 0.5) is 0 Å². The van der Waals surface area contributed by atoms with E-state index in [-0.39, 0.29) is 12.4 Å². The quantitative estimate of drug-likeness (QED) is 0.225. The van der Waals surface area contributed by atoms with Gasteiger partial charge < -0.3 is 16.9 Å². The number of benzene rings is 1. The molecule has 0 aliphatic carbocycles. The number of quaternary nitrogens is 1. The first kappa shape index (κ1) is 28.5. The molecular weight excluding hydrogens is 374 g/mol. The SMILES string of the molecule is CCCCCCCCCCCCCCCC[N+](C)(C)C(C)Cc1ccccc1.[Cl-]. The highest BCUT2D eigenvalue weighted by atomic mass is 35.5. The molecule has 0 amide bonds. The van der Waals surface area contributed by atoms with Crippen LogP contribution in [0.5, 0.6) is 0 Å². The minimum atomic E-state index is 0. The number of hydrogen-bond donors (Lipinski definition) is 0. The normalized spacial score (nSPS) is 12.6. The van der Waals surface area contributed by atoms with E-state index in [1.54, 1.807) is 0 Å². The average Bonchev–Trinajstić information content (AvgIpc) is 2.69. The van der Waals surface area contributed by atoms with Crippen molar-refractivity contribution >= 4 is 0 Å². The molecule has 0 aliphatic rings. The summed E-state index contributed by atoms with van der Waals surface area (Å²) in [6, 6.07) is 11.7. The molecule has 0 saturated heterocycles. The van der Waals surface area contributed by atoms with Gasteiger partial charge in [-0.3, -0.25) is 0 Å². The predicted octanol–water partition coefficient (Wildman–Crippen LogP) is 5.18. The van der Waals surface area contributed by atoms with Gasteiger partial charge in [-0.1, -0.05) is 114 Å². The lowest BCUT2D eigenvalue weighted by atomic mass is 10.0. The van der Waals surface area contributed by atoms with Crippen molar-refractivity contribution in [2.45, 2.75) is 116 Å². The third-order valence-electron chi connectivity index (χ3n) is 6.66. The Hall–Kier alpha value is -0.530. The third-order valence-corrected chi connectivity index (χ3v) is 6.66. The average molecular weight is 424 g/mol. The van der Waals surface area contributed by atoms with E-state index in [1.807, 2.05) is 0 Å². The van der Waals surface area contributed by atoms with Gasteiger partial charge >= 0.3 is 0 Å². The largest absolute Gasteiger partial charge is 1.00 e. The number of unbranched alkanes of at least 4 members (excludes halogenated alkanes) is 13. The summed E-state index contributed by atoms with van der Waals surface area (Å²) in [5.74, 6) is 0. The second-order valence-corrected chi connectivity index (χ2v) is 9.64. The topological polar surface area (TPSA) is 0 Å². The standard InChI is InChI=1S/C27H50N.ClH/c1-5-6-7-8-9-10-11-12-13-14-15-16-17-21-24-28(3,4)26(2)25-27-22-19-18-20-23-27;/h18-20,22-23,26H,5-17,21,24-25H2,1-4H3;1H/q+1;/p-1. The first-order chi connectivity index (χ1) is 13.6. The Balaban J connectivity index is 0.00000784. The zero-order chi connectivity index (χ0) is 20.5. The van der Waals surface area contributed by atoms with Crippen LogP contribution in [0.3, 0.4) is 0 Å². The summed E-state index contributed by atoms with van der Waals surface area (Å²) in [6.07, 6.45) is 21.4. The molecular formula is C27H50ClN. The van der Waals surface area contributed by atoms with Gasteiger partial charge in [-0.25, -0.2) is 0 Å². The highest BCUT2D eigenvalue weighted by Crippen LogP contribution is 2.16. The minimum Gasteiger partial charge on any atom is -1.00 e. The van der Waals surface area contributed by atoms with E-state index >= 15 is 0 Å². The molecule has 1 rings (SSSR count). The first-order valence-corrected chi connectivity index (χ1v) is 12.4. The molecule has 0 aliphatic heterocycles. The molecule has 2 heteroatoms. The van der Waals surface area contributed by atoms with Crippen LogP contribution in [0.25, 0.3) is 0 Å². The van der Waals surface area contributed by atoms with Gasteiger partial charge in [0.15, 0.2) is 0 Å². The maximum Gasteiger partial charge on any atom is 0.0898 e. The van der Waals surface area contributed by atoms with E-state index in [4.69, 9.17) is 0 Å². The van der Waals surface area contributed by atoms with Crippen molar-refractivity contribution < 1.29 is 16.9 Å². The van der Waals surface area contributed by atoms with Crippen molar-refractivity contribution in [3.05, 3.63) is 35.9 Å². The fourth-order valence-corrected chi connectivity index (χ4v) is 4.14. The number of likely N-dealkylation sites (N-methyl/N-ethyl adjacent to an activating group) is 1. The molecule has 0 spiro atoms. The zero-order valence-corrected chi connectivity index (χ0v) is 20.9. The molecule has 1 aromatic rings. The van der Waals surface area contributed by atoms with Gasteiger partial charge in [-0.05, 0) is 25.3 Å². The van der Waals surface area contributed by atoms with E-state index in [9.17, 15) is 0 Å². The predicted molar refractivity (Wildman–Crippen MR) is 127 cm³/mol. The second kappa shape index (κ2) is 18.3. The molecule has 1 aromatic carbocycles. The zero-order valence-electron chi connectivity index (χ0n) is 20.1. The molecule has 0 aromatic heterocycles. The third kappa shape index (κ3) is 15.0. The van der Waals surface area contributed by atoms with Crippen LogP contribution in [0.15, 0.2) is 30.3 Å². The van der Waals surface area contributed by atoms with Crippen LogP contribution in [0, 0.1) is 0 Å². The maximum absolute atomic E-state index is 2.41. The molecule has 0 saturated carbocycles. The Kier molecular flexibility index (Phi) is 17.9. The van der Waals surface area contributed by atoms with Crippen molar-refractivity contribution in [1.82, 2.24) is 0 Å². The highest BCUT2D eigenvalue weighted by molar-refractivity contribution is 5.15. The fourth-order valence-electron chi connectivity index (χ4n) is 4.14. The summed E-state index contributed by atoms with van der Waals surface area (Å²) in [5.41, 5.74) is 1.47. The van der Waals surface area contributed by atoms with Gasteiger partial charge in [0, 0.05) is 6.42 Å². The fraction of sp³-hybridized carbons (Fsp3) is 0.778. The molecule has 29 heavy (non-hydrogen) atoms. The van der Waals surface area contributed by atoms with E-state index in [2.05, 4.69) is 58.3 Å². The molecule has 1 nitrogen and oxygen atoms in total. The van der Waals surface area contributed by atoms with Crippen molar-refractivity contribution in [1.29, 1.82) is 0 Å². The Morgan fingerprint density at radius 2 is 1.07 bits per heavy atom. The first-order valence-electron chi connectivity index (χ1n) is 12.4. The van der Waals surface area contributed by atoms with E-state index in [1.165, 1.54) is 108 Å². The van der Waals surface area contributed by atoms with Crippen LogP contribution >= 0.6 is 0 Å². The van der Waals surface area contributed by atoms with Gasteiger partial charge in [0.25, 0.3) is 0 Å². The van der Waals surface area contributed by atoms with Gasteiger partial charge in [0.2, 0.25) is 0 Å². The van der Waals surface area contributed by atoms with E-state index < -0.39 is 0 Å². The van der Waals surface area contributed by atoms with Crippen LogP contribution < -0.4 is 12.4 Å². The van der Waals surface area contributed by atoms with Crippen LogP contribution in [-0.2, 0) is 6.42 Å². The summed E-state index contributed by atoms with van der Waals surface area (Å²) in [4.78, 5) is 0. The molecule has 0 bridgehead atoms. The highest BCUT2D eigenvalue weighted by Gasteiger charge is 2.23. The Morgan fingerprint density at radius 3 is 1.52 bits per heavy atom. The second-order valence-electron chi connectivity index (χ2n) is 9.64. The lowest BCUT2D eigenvalue weighted by Crippen LogP contribution is -3.00. The number of halogens is 1. The molecule has 0 heterocycles. The van der Waals surface area contributed by atoms with Gasteiger partial charge in [0.05, 0.1) is 26.7 Å². The lowest BCUT2D eigenvalue weighted by molar-refractivity contribution is -0.913. The summed E-state index contributed by atoms with van der Waals surface area (Å²) in [6.45, 7) is 6.02. The van der Waals surface area contributed by atoms with Crippen LogP contribution in [0.1, 0.15) is 109 Å². The van der Waals surface area contributed by atoms with Gasteiger partial charge in [-0.15, -0.1) is 0 Å². The lowest BCUT2D eigenvalue weighted by Gasteiger charge is -2.36. The van der Waals surface area contributed by atoms with Crippen molar-refractivity contribution in [2.24, 2.45) is 0 Å². The van der Waals surface area contributed by atoms with E-state index in [0.29, 0.717) is 6.04 Å². The molecule has 1 atom stereocenters. The molecule has 0 N–H and O–H groups in total. The Morgan fingerprint density at radius 1 is 0.655 bits per heavy atom. The summed E-state index contributed by atoms with van der Waals surface area (Å²) in [7, 11) is 4.83. The minimum absolute atomic E-state index is 0. The van der Waals surface area contributed by atoms with Crippen molar-refractivity contribution in [3.8, 4) is 0 Å². The monoisotopic (exact) mass is 423 g/mol. The number of nitrogens with zero attached hydrogens (tertiary/aromatic N) is 1. The Labute approximate surface area is 189 Å². The summed E-state index contributed by atoms with van der Waals surface area (Å²) < 4.78 is 1.15. The van der Waals surface area contributed by atoms with Crippen LogP contribution in [-0.4, -0.2) is 31.2 Å². The number of rotatable bonds is 18. The van der Waals surface area contributed by atoms with E-state index in [0.717, 1.165) is 4.48 Å². The smallest absolute Gasteiger partial charge is 0.0898 e. The van der Waals surface area contributed by atoms with Gasteiger partial charge in [0.1, 0.15) is 0 Å². The maximum atomic E-state index is 2.41. The van der Waals surface area contributed by atoms with Crippen LogP contribution in [0.2, 0.25) is 0 Å². The summed E-state index contributed by atoms with van der Waals surface area (Å²) in [5, 5.41) is 0. The molecule has 0 radical (unpaired) electrons. The summed E-state index contributed by atoms with van der Waals surface area (Å²) >= 11 is 0. The van der Waals surface area contributed by atoms with Crippen molar-refractivity contribution in [3.63, 3.8) is 0 Å². The number of hydrogen-bond acceptors (Lipinski definition) is 0. The molecule has 170 valence electrons. The molecule has 0 fully saturated rings.